The Labute approximate surface area is 122 Å². The molecule has 0 spiro atoms. The van der Waals surface area contributed by atoms with Crippen molar-refractivity contribution >= 4 is 5.69 Å². The Morgan fingerprint density at radius 1 is 1.19 bits per heavy atom. The smallest absolute Gasteiger partial charge is 0.404 e. The molecule has 1 saturated heterocycles. The van der Waals surface area contributed by atoms with Crippen molar-refractivity contribution in [3.8, 4) is 5.75 Å². The minimum atomic E-state index is -4.71. The van der Waals surface area contributed by atoms with Gasteiger partial charge in [-0.15, -0.1) is 13.2 Å². The van der Waals surface area contributed by atoms with Gasteiger partial charge in [-0.05, 0) is 46.2 Å². The molecular weight excluding hydrogens is 283 g/mol. The zero-order valence-corrected chi connectivity index (χ0v) is 12.5. The highest BCUT2D eigenvalue weighted by Gasteiger charge is 2.46. The standard InChI is InChI=1S/C15H20F3NO2/c1-13(2)9-12(14(3,4)21-13)19-10-7-5-6-8-11(10)20-15(16,17)18/h5-8,12,19H,9H2,1-4H3. The van der Waals surface area contributed by atoms with Crippen LogP contribution in [0.1, 0.15) is 34.1 Å². The van der Waals surface area contributed by atoms with E-state index in [9.17, 15) is 13.2 Å². The molecule has 118 valence electrons. The predicted molar refractivity (Wildman–Crippen MR) is 74.4 cm³/mol. The molecule has 1 fully saturated rings. The summed E-state index contributed by atoms with van der Waals surface area (Å²) in [6.07, 6.45) is -4.01. The van der Waals surface area contributed by atoms with Gasteiger partial charge in [0.1, 0.15) is 0 Å². The lowest BCUT2D eigenvalue weighted by atomic mass is 9.94. The summed E-state index contributed by atoms with van der Waals surface area (Å²) in [5, 5.41) is 3.13. The summed E-state index contributed by atoms with van der Waals surface area (Å²) in [6, 6.07) is 5.93. The molecule has 1 aliphatic rings. The molecule has 3 nitrogen and oxygen atoms in total. The third-order valence-electron chi connectivity index (χ3n) is 3.52. The SMILES string of the molecule is CC1(C)CC(Nc2ccccc2OC(F)(F)F)C(C)(C)O1. The van der Waals surface area contributed by atoms with Crippen LogP contribution in [0.5, 0.6) is 5.75 Å². The normalized spacial score (nSPS) is 23.9. The Balaban J connectivity index is 2.20. The summed E-state index contributed by atoms with van der Waals surface area (Å²) in [4.78, 5) is 0. The maximum Gasteiger partial charge on any atom is 0.573 e. The molecule has 6 heteroatoms. The second-order valence-corrected chi connectivity index (χ2v) is 6.41. The maximum atomic E-state index is 12.4. The molecule has 0 aromatic heterocycles. The zero-order valence-electron chi connectivity index (χ0n) is 12.5. The summed E-state index contributed by atoms with van der Waals surface area (Å²) in [6.45, 7) is 7.78. The lowest BCUT2D eigenvalue weighted by Crippen LogP contribution is -2.38. The topological polar surface area (TPSA) is 30.5 Å². The van der Waals surface area contributed by atoms with Crippen molar-refractivity contribution in [3.05, 3.63) is 24.3 Å². The molecule has 1 aromatic rings. The van der Waals surface area contributed by atoms with Crippen LogP contribution in [0.4, 0.5) is 18.9 Å². The fourth-order valence-corrected chi connectivity index (χ4v) is 2.77. The number of benzene rings is 1. The molecule has 1 atom stereocenters. The number of hydrogen-bond acceptors (Lipinski definition) is 3. The summed E-state index contributed by atoms with van der Waals surface area (Å²) < 4.78 is 47.3. The van der Waals surface area contributed by atoms with E-state index in [-0.39, 0.29) is 17.4 Å². The van der Waals surface area contributed by atoms with Crippen molar-refractivity contribution in [3.63, 3.8) is 0 Å². The van der Waals surface area contributed by atoms with Gasteiger partial charge in [0.15, 0.2) is 5.75 Å². The minimum absolute atomic E-state index is 0.106. The molecule has 2 rings (SSSR count). The summed E-state index contributed by atoms with van der Waals surface area (Å²) in [5.74, 6) is -0.231. The molecule has 0 amide bonds. The van der Waals surface area contributed by atoms with Gasteiger partial charge in [-0.25, -0.2) is 0 Å². The minimum Gasteiger partial charge on any atom is -0.404 e. The highest BCUT2D eigenvalue weighted by molar-refractivity contribution is 5.57. The van der Waals surface area contributed by atoms with Gasteiger partial charge >= 0.3 is 6.36 Å². The van der Waals surface area contributed by atoms with E-state index < -0.39 is 12.0 Å². The Morgan fingerprint density at radius 2 is 1.81 bits per heavy atom. The monoisotopic (exact) mass is 303 g/mol. The number of para-hydroxylation sites is 2. The first kappa shape index (κ1) is 15.9. The van der Waals surface area contributed by atoms with Crippen LogP contribution in [0, 0.1) is 0 Å². The lowest BCUT2D eigenvalue weighted by molar-refractivity contribution is -0.274. The van der Waals surface area contributed by atoms with Gasteiger partial charge in [-0.3, -0.25) is 0 Å². The summed E-state index contributed by atoms with van der Waals surface area (Å²) in [7, 11) is 0. The largest absolute Gasteiger partial charge is 0.573 e. The first-order valence-electron chi connectivity index (χ1n) is 6.80. The number of nitrogens with one attached hydrogen (secondary N) is 1. The number of hydrogen-bond donors (Lipinski definition) is 1. The Hall–Kier alpha value is -1.43. The number of rotatable bonds is 3. The molecule has 0 radical (unpaired) electrons. The van der Waals surface area contributed by atoms with Gasteiger partial charge < -0.3 is 14.8 Å². The van der Waals surface area contributed by atoms with E-state index in [0.29, 0.717) is 12.1 Å². The lowest BCUT2D eigenvalue weighted by Gasteiger charge is -2.29. The van der Waals surface area contributed by atoms with Gasteiger partial charge in [-0.1, -0.05) is 12.1 Å². The molecule has 0 saturated carbocycles. The van der Waals surface area contributed by atoms with E-state index in [2.05, 4.69) is 10.1 Å². The van der Waals surface area contributed by atoms with E-state index >= 15 is 0 Å². The van der Waals surface area contributed by atoms with Crippen LogP contribution in [-0.4, -0.2) is 23.6 Å². The molecular formula is C15H20F3NO2. The third-order valence-corrected chi connectivity index (χ3v) is 3.52. The van der Waals surface area contributed by atoms with Crippen molar-refractivity contribution < 1.29 is 22.6 Å². The second-order valence-electron chi connectivity index (χ2n) is 6.41. The van der Waals surface area contributed by atoms with Crippen molar-refractivity contribution in [1.29, 1.82) is 0 Å². The van der Waals surface area contributed by atoms with E-state index in [1.54, 1.807) is 12.1 Å². The first-order valence-corrected chi connectivity index (χ1v) is 6.80. The quantitative estimate of drug-likeness (QED) is 0.901. The van der Waals surface area contributed by atoms with Crippen molar-refractivity contribution in [2.45, 2.75) is 57.7 Å². The number of halogens is 3. The number of anilines is 1. The Morgan fingerprint density at radius 3 is 2.33 bits per heavy atom. The van der Waals surface area contributed by atoms with Gasteiger partial charge in [0.2, 0.25) is 0 Å². The van der Waals surface area contributed by atoms with Gasteiger partial charge in [0, 0.05) is 0 Å². The van der Waals surface area contributed by atoms with Gasteiger partial charge in [0.25, 0.3) is 0 Å². The van der Waals surface area contributed by atoms with E-state index in [1.165, 1.54) is 12.1 Å². The van der Waals surface area contributed by atoms with Gasteiger partial charge in [-0.2, -0.15) is 0 Å². The molecule has 0 aliphatic carbocycles. The fourth-order valence-electron chi connectivity index (χ4n) is 2.77. The molecule has 1 N–H and O–H groups in total. The maximum absolute atomic E-state index is 12.4. The van der Waals surface area contributed by atoms with Gasteiger partial charge in [0.05, 0.1) is 22.9 Å². The van der Waals surface area contributed by atoms with E-state index in [4.69, 9.17) is 4.74 Å². The average molecular weight is 303 g/mol. The highest BCUT2D eigenvalue weighted by Crippen LogP contribution is 2.40. The van der Waals surface area contributed by atoms with E-state index in [0.717, 1.165) is 0 Å². The van der Waals surface area contributed by atoms with Crippen LogP contribution in [0.25, 0.3) is 0 Å². The Kier molecular flexibility index (Phi) is 3.86. The van der Waals surface area contributed by atoms with Crippen LogP contribution < -0.4 is 10.1 Å². The van der Waals surface area contributed by atoms with E-state index in [1.807, 2.05) is 27.7 Å². The highest BCUT2D eigenvalue weighted by atomic mass is 19.4. The molecule has 1 aromatic carbocycles. The van der Waals surface area contributed by atoms with Crippen molar-refractivity contribution in [2.24, 2.45) is 0 Å². The number of ether oxygens (including phenoxy) is 2. The van der Waals surface area contributed by atoms with Crippen molar-refractivity contribution in [2.75, 3.05) is 5.32 Å². The third kappa shape index (κ3) is 4.03. The fraction of sp³-hybridized carbons (Fsp3) is 0.600. The molecule has 0 bridgehead atoms. The molecule has 21 heavy (non-hydrogen) atoms. The molecule has 1 aliphatic heterocycles. The molecule has 1 unspecified atom stereocenters. The first-order chi connectivity index (χ1) is 9.49. The zero-order chi connectivity index (χ0) is 15.9. The average Bonchev–Trinajstić information content (AvgIpc) is 2.47. The van der Waals surface area contributed by atoms with Crippen LogP contribution in [0.2, 0.25) is 0 Å². The van der Waals surface area contributed by atoms with Crippen LogP contribution in [-0.2, 0) is 4.74 Å². The van der Waals surface area contributed by atoms with Crippen molar-refractivity contribution in [1.82, 2.24) is 0 Å². The summed E-state index contributed by atoms with van der Waals surface area (Å²) >= 11 is 0. The summed E-state index contributed by atoms with van der Waals surface area (Å²) in [5.41, 5.74) is -0.482. The Bertz CT molecular complexity index is 512. The number of alkyl halides is 3. The van der Waals surface area contributed by atoms with Crippen LogP contribution in [0.3, 0.4) is 0 Å². The predicted octanol–water partition coefficient (Wildman–Crippen LogP) is 4.34. The molecule has 1 heterocycles. The van der Waals surface area contributed by atoms with Crippen LogP contribution in [0.15, 0.2) is 24.3 Å². The van der Waals surface area contributed by atoms with Crippen LogP contribution >= 0.6 is 0 Å². The second kappa shape index (κ2) is 5.09.